The smallest absolute Gasteiger partial charge is 0.407 e. The Labute approximate surface area is 117 Å². The molecule has 0 rings (SSSR count). The molecule has 0 fully saturated rings. The van der Waals surface area contributed by atoms with Crippen molar-refractivity contribution in [2.45, 2.75) is 45.3 Å². The van der Waals surface area contributed by atoms with E-state index in [4.69, 9.17) is 20.7 Å². The van der Waals surface area contributed by atoms with Crippen LogP contribution in [0, 0.1) is 5.92 Å². The van der Waals surface area contributed by atoms with Crippen LogP contribution in [0.1, 0.15) is 33.6 Å². The summed E-state index contributed by atoms with van der Waals surface area (Å²) >= 11 is 0. The molecule has 0 radical (unpaired) electrons. The van der Waals surface area contributed by atoms with Gasteiger partial charge < -0.3 is 26.0 Å². The van der Waals surface area contributed by atoms with Crippen molar-refractivity contribution in [3.63, 3.8) is 0 Å². The van der Waals surface area contributed by atoms with Crippen LogP contribution in [-0.4, -0.2) is 46.4 Å². The number of hydrogen-bond donors (Lipinski definition) is 4. The van der Waals surface area contributed by atoms with Crippen LogP contribution in [0.3, 0.4) is 0 Å². The van der Waals surface area contributed by atoms with Crippen LogP contribution in [0.4, 0.5) is 4.79 Å². The van der Waals surface area contributed by atoms with Crippen molar-refractivity contribution in [3.8, 4) is 0 Å². The fourth-order valence-corrected chi connectivity index (χ4v) is 1.41. The van der Waals surface area contributed by atoms with E-state index in [1.165, 1.54) is 0 Å². The molecule has 5 N–H and O–H groups in total. The Morgan fingerprint density at radius 2 is 1.75 bits per heavy atom. The molecule has 0 saturated carbocycles. The van der Waals surface area contributed by atoms with Crippen LogP contribution in [-0.2, 0) is 14.3 Å². The van der Waals surface area contributed by atoms with Gasteiger partial charge in [-0.25, -0.2) is 4.79 Å². The van der Waals surface area contributed by atoms with Crippen LogP contribution in [0.15, 0.2) is 0 Å². The normalized spacial score (nSPS) is 14.2. The predicted molar refractivity (Wildman–Crippen MR) is 70.2 cm³/mol. The van der Waals surface area contributed by atoms with Gasteiger partial charge in [-0.15, -0.1) is 0 Å². The highest BCUT2D eigenvalue weighted by atomic mass is 16.6. The summed E-state index contributed by atoms with van der Waals surface area (Å²) < 4.78 is 4.98. The number of rotatable bonds is 7. The molecule has 0 aliphatic rings. The van der Waals surface area contributed by atoms with E-state index in [0.717, 1.165) is 0 Å². The first-order valence-electron chi connectivity index (χ1n) is 6.21. The van der Waals surface area contributed by atoms with Gasteiger partial charge in [0.05, 0.1) is 5.92 Å². The van der Waals surface area contributed by atoms with Gasteiger partial charge in [0.25, 0.3) is 0 Å². The lowest BCUT2D eigenvalue weighted by Crippen LogP contribution is -2.37. The van der Waals surface area contributed by atoms with Gasteiger partial charge in [-0.1, -0.05) is 0 Å². The summed E-state index contributed by atoms with van der Waals surface area (Å²) in [7, 11) is 0. The van der Waals surface area contributed by atoms with E-state index in [-0.39, 0.29) is 19.4 Å². The van der Waals surface area contributed by atoms with Gasteiger partial charge in [-0.2, -0.15) is 0 Å². The number of aliphatic carboxylic acids is 2. The van der Waals surface area contributed by atoms with Crippen LogP contribution in [0.25, 0.3) is 0 Å². The standard InChI is InChI=1S/C12H22N2O6/c1-12(2,3)20-11(19)14-5-4-7(9(15)16)6-8(13)10(17)18/h7-8H,4-6,13H2,1-3H3,(H,14,19)(H,15,16)(H,17,18). The molecule has 0 aromatic rings. The Bertz CT molecular complexity index is 363. The van der Waals surface area contributed by atoms with Crippen molar-refractivity contribution in [2.24, 2.45) is 11.7 Å². The summed E-state index contributed by atoms with van der Waals surface area (Å²) in [6.45, 7) is 5.19. The minimum atomic E-state index is -1.25. The fourth-order valence-electron chi connectivity index (χ4n) is 1.41. The summed E-state index contributed by atoms with van der Waals surface area (Å²) in [5.74, 6) is -3.33. The lowest BCUT2D eigenvalue weighted by molar-refractivity contribution is -0.143. The Morgan fingerprint density at radius 1 is 1.20 bits per heavy atom. The second-order valence-corrected chi connectivity index (χ2v) is 5.43. The van der Waals surface area contributed by atoms with E-state index in [1.54, 1.807) is 20.8 Å². The number of carboxylic acid groups (broad SMARTS) is 2. The minimum Gasteiger partial charge on any atom is -0.481 e. The Kier molecular flexibility index (Phi) is 6.98. The first kappa shape index (κ1) is 18.2. The van der Waals surface area contributed by atoms with E-state index in [2.05, 4.69) is 5.32 Å². The topological polar surface area (TPSA) is 139 Å². The third kappa shape index (κ3) is 8.30. The summed E-state index contributed by atoms with van der Waals surface area (Å²) in [5, 5.41) is 20.0. The highest BCUT2D eigenvalue weighted by Gasteiger charge is 2.24. The maximum absolute atomic E-state index is 11.3. The molecule has 2 atom stereocenters. The summed E-state index contributed by atoms with van der Waals surface area (Å²) in [6, 6.07) is -1.24. The summed E-state index contributed by atoms with van der Waals surface area (Å²) in [4.78, 5) is 32.9. The molecule has 0 aromatic carbocycles. The van der Waals surface area contributed by atoms with Crippen molar-refractivity contribution < 1.29 is 29.3 Å². The van der Waals surface area contributed by atoms with Crippen molar-refractivity contribution >= 4 is 18.0 Å². The van der Waals surface area contributed by atoms with Crippen LogP contribution in [0.2, 0.25) is 0 Å². The van der Waals surface area contributed by atoms with Gasteiger partial charge in [-0.05, 0) is 33.6 Å². The van der Waals surface area contributed by atoms with Crippen LogP contribution in [0.5, 0.6) is 0 Å². The zero-order valence-electron chi connectivity index (χ0n) is 11.9. The molecule has 1 amide bonds. The lowest BCUT2D eigenvalue weighted by Gasteiger charge is -2.20. The van der Waals surface area contributed by atoms with Crippen molar-refractivity contribution in [2.75, 3.05) is 6.54 Å². The first-order chi connectivity index (χ1) is 9.03. The molecule has 2 unspecified atom stereocenters. The van der Waals surface area contributed by atoms with E-state index in [0.29, 0.717) is 0 Å². The number of nitrogens with one attached hydrogen (secondary N) is 1. The van der Waals surface area contributed by atoms with Crippen LogP contribution < -0.4 is 11.1 Å². The number of hydrogen-bond acceptors (Lipinski definition) is 5. The number of alkyl carbamates (subject to hydrolysis) is 1. The van der Waals surface area contributed by atoms with Crippen molar-refractivity contribution in [1.29, 1.82) is 0 Å². The SMILES string of the molecule is CC(C)(C)OC(=O)NCCC(CC(N)C(=O)O)C(=O)O. The molecular weight excluding hydrogens is 268 g/mol. The predicted octanol–water partition coefficient (Wildman–Crippen LogP) is 0.404. The largest absolute Gasteiger partial charge is 0.481 e. The van der Waals surface area contributed by atoms with E-state index >= 15 is 0 Å². The van der Waals surface area contributed by atoms with Gasteiger partial charge in [-0.3, -0.25) is 9.59 Å². The molecule has 0 spiro atoms. The molecule has 116 valence electrons. The Morgan fingerprint density at radius 3 is 2.15 bits per heavy atom. The number of ether oxygens (including phenoxy) is 1. The average molecular weight is 290 g/mol. The average Bonchev–Trinajstić information content (AvgIpc) is 2.24. The van der Waals surface area contributed by atoms with Crippen LogP contribution >= 0.6 is 0 Å². The van der Waals surface area contributed by atoms with E-state index in [9.17, 15) is 14.4 Å². The molecule has 0 aliphatic carbocycles. The van der Waals surface area contributed by atoms with E-state index < -0.39 is 35.6 Å². The maximum atomic E-state index is 11.3. The lowest BCUT2D eigenvalue weighted by atomic mass is 9.97. The van der Waals surface area contributed by atoms with Gasteiger partial charge >= 0.3 is 18.0 Å². The highest BCUT2D eigenvalue weighted by Crippen LogP contribution is 2.11. The number of amides is 1. The zero-order valence-corrected chi connectivity index (χ0v) is 11.9. The third-order valence-electron chi connectivity index (χ3n) is 2.37. The molecule has 8 nitrogen and oxygen atoms in total. The Balaban J connectivity index is 4.20. The molecule has 20 heavy (non-hydrogen) atoms. The van der Waals surface area contributed by atoms with Gasteiger partial charge in [0.15, 0.2) is 0 Å². The second-order valence-electron chi connectivity index (χ2n) is 5.43. The highest BCUT2D eigenvalue weighted by molar-refractivity contribution is 5.75. The second kappa shape index (κ2) is 7.68. The quantitative estimate of drug-likeness (QED) is 0.532. The van der Waals surface area contributed by atoms with Gasteiger partial charge in [0, 0.05) is 6.54 Å². The molecular formula is C12H22N2O6. The molecule has 0 aliphatic heterocycles. The molecule has 8 heteroatoms. The molecule has 0 heterocycles. The number of carbonyl (C=O) groups is 3. The summed E-state index contributed by atoms with van der Waals surface area (Å²) in [5.41, 5.74) is 4.66. The summed E-state index contributed by atoms with van der Waals surface area (Å²) in [6.07, 6.45) is -0.764. The van der Waals surface area contributed by atoms with Gasteiger partial charge in [0.2, 0.25) is 0 Å². The van der Waals surface area contributed by atoms with Crippen molar-refractivity contribution in [3.05, 3.63) is 0 Å². The van der Waals surface area contributed by atoms with Gasteiger partial charge in [0.1, 0.15) is 11.6 Å². The monoisotopic (exact) mass is 290 g/mol. The zero-order chi connectivity index (χ0) is 15.9. The third-order valence-corrected chi connectivity index (χ3v) is 2.37. The maximum Gasteiger partial charge on any atom is 0.407 e. The number of carboxylic acids is 2. The first-order valence-corrected chi connectivity index (χ1v) is 6.21. The fraction of sp³-hybridized carbons (Fsp3) is 0.750. The van der Waals surface area contributed by atoms with Crippen molar-refractivity contribution in [1.82, 2.24) is 5.32 Å². The number of carbonyl (C=O) groups excluding carboxylic acids is 1. The minimum absolute atomic E-state index is 0.0677. The molecule has 0 bridgehead atoms. The number of nitrogens with two attached hydrogens (primary N) is 1. The Hall–Kier alpha value is -1.83. The molecule has 0 saturated heterocycles. The molecule has 0 aromatic heterocycles. The van der Waals surface area contributed by atoms with E-state index in [1.807, 2.05) is 0 Å².